The minimum atomic E-state index is 0.797. The van der Waals surface area contributed by atoms with Gasteiger partial charge in [-0.25, -0.2) is 0 Å². The zero-order valence-corrected chi connectivity index (χ0v) is 13.3. The Morgan fingerprint density at radius 3 is 3.00 bits per heavy atom. The Morgan fingerprint density at radius 2 is 2.29 bits per heavy atom. The van der Waals surface area contributed by atoms with Crippen molar-refractivity contribution >= 4 is 17.3 Å². The van der Waals surface area contributed by atoms with Crippen LogP contribution in [0.25, 0.3) is 0 Å². The van der Waals surface area contributed by atoms with Crippen LogP contribution in [0.4, 0.5) is 5.95 Å². The van der Waals surface area contributed by atoms with Gasteiger partial charge in [0.15, 0.2) is 0 Å². The summed E-state index contributed by atoms with van der Waals surface area (Å²) >= 11 is 1.72. The van der Waals surface area contributed by atoms with E-state index in [4.69, 9.17) is 0 Å². The van der Waals surface area contributed by atoms with Gasteiger partial charge in [0.1, 0.15) is 5.82 Å². The van der Waals surface area contributed by atoms with Crippen molar-refractivity contribution in [3.8, 4) is 0 Å². The number of hydrogen-bond donors (Lipinski definition) is 2. The van der Waals surface area contributed by atoms with Crippen molar-refractivity contribution in [1.82, 2.24) is 20.5 Å². The Morgan fingerprint density at radius 1 is 1.43 bits per heavy atom. The summed E-state index contributed by atoms with van der Waals surface area (Å²) < 4.78 is 0. The Hall–Kier alpha value is -1.40. The fourth-order valence-electron chi connectivity index (χ4n) is 2.78. The van der Waals surface area contributed by atoms with Crippen LogP contribution < -0.4 is 10.2 Å². The van der Waals surface area contributed by atoms with Crippen LogP contribution in [0.3, 0.4) is 0 Å². The van der Waals surface area contributed by atoms with E-state index in [1.807, 2.05) is 0 Å². The molecule has 0 spiro atoms. The Bertz CT molecular complexity index is 528. The van der Waals surface area contributed by atoms with E-state index < -0.39 is 0 Å². The van der Waals surface area contributed by atoms with Crippen molar-refractivity contribution < 1.29 is 0 Å². The predicted octanol–water partition coefficient (Wildman–Crippen LogP) is 2.28. The van der Waals surface area contributed by atoms with E-state index in [9.17, 15) is 0 Å². The molecule has 1 aliphatic heterocycles. The number of thiophene rings is 1. The third-order valence-electron chi connectivity index (χ3n) is 4.05. The predicted molar refractivity (Wildman–Crippen MR) is 87.0 cm³/mol. The van der Waals surface area contributed by atoms with Crippen molar-refractivity contribution in [3.05, 3.63) is 28.2 Å². The molecule has 21 heavy (non-hydrogen) atoms. The second-order valence-corrected chi connectivity index (χ2v) is 6.41. The summed E-state index contributed by atoms with van der Waals surface area (Å²) in [7, 11) is 0. The number of rotatable bonds is 6. The van der Waals surface area contributed by atoms with Gasteiger partial charge in [0, 0.05) is 19.5 Å². The summed E-state index contributed by atoms with van der Waals surface area (Å²) in [6, 6.07) is 2.14. The molecule has 0 saturated carbocycles. The number of piperidine rings is 1. The van der Waals surface area contributed by atoms with Crippen molar-refractivity contribution in [2.24, 2.45) is 5.92 Å². The van der Waals surface area contributed by atoms with Crippen LogP contribution in [-0.4, -0.2) is 41.4 Å². The third-order valence-corrected chi connectivity index (χ3v) is 4.78. The largest absolute Gasteiger partial charge is 0.340 e. The lowest BCUT2D eigenvalue weighted by Gasteiger charge is -2.31. The fourth-order valence-corrected chi connectivity index (χ4v) is 3.45. The molecular weight excluding hydrogens is 282 g/mol. The lowest BCUT2D eigenvalue weighted by molar-refractivity contribution is 0.384. The number of H-pyrrole nitrogens is 1. The van der Waals surface area contributed by atoms with E-state index >= 15 is 0 Å². The maximum absolute atomic E-state index is 4.64. The first kappa shape index (κ1) is 14.5. The maximum atomic E-state index is 4.64. The van der Waals surface area contributed by atoms with Gasteiger partial charge in [-0.1, -0.05) is 6.92 Å². The quantitative estimate of drug-likeness (QED) is 0.860. The Kier molecular flexibility index (Phi) is 4.87. The molecule has 1 saturated heterocycles. The van der Waals surface area contributed by atoms with E-state index in [-0.39, 0.29) is 0 Å². The molecule has 2 aromatic heterocycles. The van der Waals surface area contributed by atoms with Crippen molar-refractivity contribution in [3.63, 3.8) is 0 Å². The van der Waals surface area contributed by atoms with Crippen LogP contribution in [0.2, 0.25) is 0 Å². The molecule has 0 bridgehead atoms. The van der Waals surface area contributed by atoms with Crippen LogP contribution in [0, 0.1) is 5.92 Å². The van der Waals surface area contributed by atoms with Crippen molar-refractivity contribution in [2.45, 2.75) is 26.2 Å². The van der Waals surface area contributed by atoms with Crippen LogP contribution in [0.5, 0.6) is 0 Å². The monoisotopic (exact) mass is 305 g/mol. The molecule has 3 rings (SSSR count). The van der Waals surface area contributed by atoms with Gasteiger partial charge in [0.05, 0.1) is 0 Å². The summed E-state index contributed by atoms with van der Waals surface area (Å²) in [5.41, 5.74) is 1.30. The summed E-state index contributed by atoms with van der Waals surface area (Å²) in [6.45, 7) is 6.49. The molecule has 6 heteroatoms. The maximum Gasteiger partial charge on any atom is 0.244 e. The molecule has 1 aliphatic rings. The first-order valence-corrected chi connectivity index (χ1v) is 8.67. The molecule has 0 amide bonds. The van der Waals surface area contributed by atoms with Gasteiger partial charge >= 0.3 is 0 Å². The highest BCUT2D eigenvalue weighted by molar-refractivity contribution is 7.07. The molecule has 0 aliphatic carbocycles. The average molecular weight is 305 g/mol. The van der Waals surface area contributed by atoms with E-state index in [1.165, 1.54) is 18.4 Å². The summed E-state index contributed by atoms with van der Waals surface area (Å²) in [6.07, 6.45) is 3.29. The fraction of sp³-hybridized carbons (Fsp3) is 0.600. The second kappa shape index (κ2) is 7.04. The van der Waals surface area contributed by atoms with Gasteiger partial charge in [-0.05, 0) is 54.2 Å². The SMILES string of the molecule is CCNCC1CCN(c2n[nH]c(Cc3ccsc3)n2)CC1. The highest BCUT2D eigenvalue weighted by atomic mass is 32.1. The van der Waals surface area contributed by atoms with Crippen LogP contribution in [0.1, 0.15) is 31.2 Å². The molecule has 1 fully saturated rings. The number of nitrogens with one attached hydrogen (secondary N) is 2. The number of aromatic nitrogens is 3. The minimum absolute atomic E-state index is 0.797. The Balaban J connectivity index is 1.53. The van der Waals surface area contributed by atoms with Gasteiger partial charge in [0.25, 0.3) is 0 Å². The van der Waals surface area contributed by atoms with Crippen LogP contribution in [-0.2, 0) is 6.42 Å². The molecule has 5 nitrogen and oxygen atoms in total. The smallest absolute Gasteiger partial charge is 0.244 e. The van der Waals surface area contributed by atoms with E-state index in [2.05, 4.69) is 49.1 Å². The highest BCUT2D eigenvalue weighted by Crippen LogP contribution is 2.20. The standard InChI is InChI=1S/C15H23N5S/c1-2-16-10-12-3-6-20(7-4-12)15-17-14(18-19-15)9-13-5-8-21-11-13/h5,8,11-12,16H,2-4,6-7,9-10H2,1H3,(H,17,18,19). The number of nitrogens with zero attached hydrogens (tertiary/aromatic N) is 3. The average Bonchev–Trinajstić information content (AvgIpc) is 3.18. The lowest BCUT2D eigenvalue weighted by Crippen LogP contribution is -2.37. The van der Waals surface area contributed by atoms with Gasteiger partial charge in [0.2, 0.25) is 5.95 Å². The van der Waals surface area contributed by atoms with Crippen LogP contribution in [0.15, 0.2) is 16.8 Å². The Labute approximate surface area is 129 Å². The summed E-state index contributed by atoms with van der Waals surface area (Å²) in [5.74, 6) is 2.62. The minimum Gasteiger partial charge on any atom is -0.340 e. The van der Waals surface area contributed by atoms with Gasteiger partial charge in [-0.2, -0.15) is 16.3 Å². The zero-order valence-electron chi connectivity index (χ0n) is 12.5. The number of hydrogen-bond acceptors (Lipinski definition) is 5. The molecule has 0 radical (unpaired) electrons. The van der Waals surface area contributed by atoms with E-state index in [0.29, 0.717) is 0 Å². The molecule has 2 aromatic rings. The molecular formula is C15H23N5S. The van der Waals surface area contributed by atoms with E-state index in [0.717, 1.165) is 50.3 Å². The number of anilines is 1. The van der Waals surface area contributed by atoms with Gasteiger partial charge < -0.3 is 10.2 Å². The molecule has 0 unspecified atom stereocenters. The van der Waals surface area contributed by atoms with E-state index in [1.54, 1.807) is 11.3 Å². The molecule has 114 valence electrons. The molecule has 0 atom stereocenters. The topological polar surface area (TPSA) is 56.8 Å². The first-order valence-electron chi connectivity index (χ1n) is 7.73. The lowest BCUT2D eigenvalue weighted by atomic mass is 9.97. The van der Waals surface area contributed by atoms with Crippen LogP contribution >= 0.6 is 11.3 Å². The van der Waals surface area contributed by atoms with Crippen molar-refractivity contribution in [1.29, 1.82) is 0 Å². The first-order chi connectivity index (χ1) is 10.3. The normalized spacial score (nSPS) is 16.5. The zero-order chi connectivity index (χ0) is 14.5. The molecule has 0 aromatic carbocycles. The summed E-state index contributed by atoms with van der Waals surface area (Å²) in [5, 5.41) is 15.2. The second-order valence-electron chi connectivity index (χ2n) is 5.63. The van der Waals surface area contributed by atoms with Crippen molar-refractivity contribution in [2.75, 3.05) is 31.1 Å². The highest BCUT2D eigenvalue weighted by Gasteiger charge is 2.21. The molecule has 3 heterocycles. The van der Waals surface area contributed by atoms with Gasteiger partial charge in [-0.15, -0.1) is 5.10 Å². The summed E-state index contributed by atoms with van der Waals surface area (Å²) in [4.78, 5) is 6.95. The number of aromatic amines is 1. The van der Waals surface area contributed by atoms with Gasteiger partial charge in [-0.3, -0.25) is 5.10 Å². The molecule has 2 N–H and O–H groups in total. The third kappa shape index (κ3) is 3.83.